The van der Waals surface area contributed by atoms with Crippen molar-refractivity contribution in [3.05, 3.63) is 65.6 Å². The van der Waals surface area contributed by atoms with Gasteiger partial charge in [0.1, 0.15) is 0 Å². The van der Waals surface area contributed by atoms with Crippen molar-refractivity contribution in [2.45, 2.75) is 4.90 Å². The van der Waals surface area contributed by atoms with E-state index in [1.165, 1.54) is 11.5 Å². The van der Waals surface area contributed by atoms with E-state index in [-0.39, 0.29) is 0 Å². The zero-order valence-electron chi connectivity index (χ0n) is 8.15. The summed E-state index contributed by atoms with van der Waals surface area (Å²) < 4.78 is 11.8. The Morgan fingerprint density at radius 1 is 1.33 bits per heavy atom. The third kappa shape index (κ3) is 3.50. The Labute approximate surface area is 97.2 Å². The molecule has 0 aliphatic heterocycles. The number of rotatable bonds is 4. The summed E-state index contributed by atoms with van der Waals surface area (Å²) in [5.41, 5.74) is 0.570. The average molecular weight is 239 g/mol. The number of hydrogen-bond acceptors (Lipinski definition) is 1. The molecule has 1 aromatic carbocycles. The molecule has 1 nitrogen and oxygen atoms in total. The molecule has 1 unspecified atom stereocenters. The number of allylic oxidation sites excluding steroid dienone is 3. The number of benzene rings is 1. The summed E-state index contributed by atoms with van der Waals surface area (Å²) in [6, 6.07) is 9.10. The molecule has 0 aromatic heterocycles. The molecular formula is C12H11ClOS. The van der Waals surface area contributed by atoms with Crippen molar-refractivity contribution in [1.82, 2.24) is 0 Å². The van der Waals surface area contributed by atoms with Crippen LogP contribution >= 0.6 is 11.6 Å². The Morgan fingerprint density at radius 2 is 1.93 bits per heavy atom. The van der Waals surface area contributed by atoms with Gasteiger partial charge in [-0.1, -0.05) is 49.0 Å². The monoisotopic (exact) mass is 238 g/mol. The Bertz CT molecular complexity index is 421. The van der Waals surface area contributed by atoms with Gasteiger partial charge in [-0.25, -0.2) is 4.21 Å². The van der Waals surface area contributed by atoms with E-state index >= 15 is 0 Å². The van der Waals surface area contributed by atoms with E-state index in [1.807, 2.05) is 18.2 Å². The van der Waals surface area contributed by atoms with E-state index in [0.29, 0.717) is 15.5 Å². The van der Waals surface area contributed by atoms with Crippen LogP contribution in [0.1, 0.15) is 0 Å². The summed E-state index contributed by atoms with van der Waals surface area (Å²) in [7, 11) is -1.24. The summed E-state index contributed by atoms with van der Waals surface area (Å²) in [5, 5.41) is 1.83. The molecule has 1 atom stereocenters. The van der Waals surface area contributed by atoms with Crippen LogP contribution < -0.4 is 0 Å². The van der Waals surface area contributed by atoms with Crippen molar-refractivity contribution >= 4 is 22.4 Å². The van der Waals surface area contributed by atoms with Crippen molar-refractivity contribution in [1.29, 1.82) is 0 Å². The fourth-order valence-electron chi connectivity index (χ4n) is 0.890. The second kappa shape index (κ2) is 5.69. The third-order valence-electron chi connectivity index (χ3n) is 1.74. The molecule has 1 aromatic rings. The fourth-order valence-corrected chi connectivity index (χ4v) is 2.11. The van der Waals surface area contributed by atoms with Crippen LogP contribution in [0, 0.1) is 0 Å². The quantitative estimate of drug-likeness (QED) is 0.733. The normalized spacial score (nSPS) is 13.3. The molecule has 0 fully saturated rings. The first-order chi connectivity index (χ1) is 7.15. The molecule has 15 heavy (non-hydrogen) atoms. The van der Waals surface area contributed by atoms with E-state index in [1.54, 1.807) is 12.1 Å². The lowest BCUT2D eigenvalue weighted by Crippen LogP contribution is -1.87. The van der Waals surface area contributed by atoms with E-state index < -0.39 is 10.8 Å². The molecule has 3 heteroatoms. The highest BCUT2D eigenvalue weighted by Crippen LogP contribution is 2.17. The molecule has 0 radical (unpaired) electrons. The first-order valence-corrected chi connectivity index (χ1v) is 5.89. The van der Waals surface area contributed by atoms with Crippen LogP contribution in [0.15, 0.2) is 70.5 Å². The smallest absolute Gasteiger partial charge is 0.0791 e. The minimum Gasteiger partial charge on any atom is -0.250 e. The maximum absolute atomic E-state index is 11.8. The first kappa shape index (κ1) is 12.0. The van der Waals surface area contributed by atoms with Gasteiger partial charge in [0.15, 0.2) is 0 Å². The minimum atomic E-state index is -1.24. The molecule has 0 heterocycles. The Balaban J connectivity index is 2.89. The van der Waals surface area contributed by atoms with Gasteiger partial charge in [0.2, 0.25) is 0 Å². The minimum absolute atomic E-state index is 0.368. The van der Waals surface area contributed by atoms with Gasteiger partial charge in [0.25, 0.3) is 0 Å². The van der Waals surface area contributed by atoms with Crippen molar-refractivity contribution < 1.29 is 4.21 Å². The summed E-state index contributed by atoms with van der Waals surface area (Å²) in [5.74, 6) is 0. The zero-order valence-corrected chi connectivity index (χ0v) is 9.72. The predicted octanol–water partition coefficient (Wildman–Crippen LogP) is 3.62. The maximum atomic E-state index is 11.8. The van der Waals surface area contributed by atoms with Gasteiger partial charge >= 0.3 is 0 Å². The van der Waals surface area contributed by atoms with E-state index in [4.69, 9.17) is 11.6 Å². The van der Waals surface area contributed by atoms with Crippen LogP contribution in [-0.4, -0.2) is 4.21 Å². The van der Waals surface area contributed by atoms with E-state index in [9.17, 15) is 4.21 Å². The number of hydrogen-bond donors (Lipinski definition) is 0. The predicted molar refractivity (Wildman–Crippen MR) is 66.1 cm³/mol. The Kier molecular flexibility index (Phi) is 4.53. The van der Waals surface area contributed by atoms with Gasteiger partial charge < -0.3 is 0 Å². The van der Waals surface area contributed by atoms with Crippen LogP contribution in [0.25, 0.3) is 0 Å². The van der Waals surface area contributed by atoms with Crippen molar-refractivity contribution in [2.75, 3.05) is 0 Å². The summed E-state index contributed by atoms with van der Waals surface area (Å²) in [6.07, 6.45) is 1.53. The van der Waals surface area contributed by atoms with Crippen molar-refractivity contribution in [3.63, 3.8) is 0 Å². The Hall–Kier alpha value is -1.12. The van der Waals surface area contributed by atoms with Crippen LogP contribution in [0.2, 0.25) is 0 Å². The van der Waals surface area contributed by atoms with Gasteiger partial charge in [-0.3, -0.25) is 0 Å². The SMILES string of the molecule is C=CC(=C)/C(Cl)=C\S(=O)c1ccccc1. The topological polar surface area (TPSA) is 17.1 Å². The van der Waals surface area contributed by atoms with E-state index in [2.05, 4.69) is 13.2 Å². The van der Waals surface area contributed by atoms with Crippen LogP contribution in [0.3, 0.4) is 0 Å². The second-order valence-electron chi connectivity index (χ2n) is 2.81. The highest BCUT2D eigenvalue weighted by atomic mass is 35.5. The zero-order chi connectivity index (χ0) is 11.3. The van der Waals surface area contributed by atoms with Gasteiger partial charge in [-0.15, -0.1) is 0 Å². The lowest BCUT2D eigenvalue weighted by molar-refractivity contribution is 0.688. The molecule has 0 saturated heterocycles. The molecule has 1 rings (SSSR count). The van der Waals surface area contributed by atoms with Gasteiger partial charge in [-0.05, 0) is 17.7 Å². The van der Waals surface area contributed by atoms with Crippen LogP contribution in [0.5, 0.6) is 0 Å². The second-order valence-corrected chi connectivity index (χ2v) is 4.51. The molecule has 0 aliphatic carbocycles. The molecule has 78 valence electrons. The third-order valence-corrected chi connectivity index (χ3v) is 3.41. The first-order valence-electron chi connectivity index (χ1n) is 4.30. The molecule has 0 aliphatic rings. The maximum Gasteiger partial charge on any atom is 0.0791 e. The lowest BCUT2D eigenvalue weighted by atomic mass is 10.3. The van der Waals surface area contributed by atoms with Crippen molar-refractivity contribution in [3.8, 4) is 0 Å². The molecule has 0 bridgehead atoms. The summed E-state index contributed by atoms with van der Waals surface area (Å²) >= 11 is 5.87. The number of halogens is 1. The molecule has 0 saturated carbocycles. The lowest BCUT2D eigenvalue weighted by Gasteiger charge is -1.98. The average Bonchev–Trinajstić information content (AvgIpc) is 2.29. The fraction of sp³-hybridized carbons (Fsp3) is 0. The summed E-state index contributed by atoms with van der Waals surface area (Å²) in [6.45, 7) is 7.21. The highest BCUT2D eigenvalue weighted by molar-refractivity contribution is 7.88. The summed E-state index contributed by atoms with van der Waals surface area (Å²) in [4.78, 5) is 0.715. The largest absolute Gasteiger partial charge is 0.250 e. The highest BCUT2D eigenvalue weighted by Gasteiger charge is 2.02. The van der Waals surface area contributed by atoms with Gasteiger partial charge in [-0.2, -0.15) is 0 Å². The standard InChI is InChI=1S/C12H11ClOS/c1-3-10(2)12(13)9-15(14)11-7-5-4-6-8-11/h3-9H,1-2H2/b12-9+. The van der Waals surface area contributed by atoms with Gasteiger partial charge in [0, 0.05) is 10.3 Å². The molecule has 0 spiro atoms. The Morgan fingerprint density at radius 3 is 2.47 bits per heavy atom. The molecule has 0 amide bonds. The molecule has 0 N–H and O–H groups in total. The van der Waals surface area contributed by atoms with Crippen LogP contribution in [0.4, 0.5) is 0 Å². The molecular weight excluding hydrogens is 228 g/mol. The van der Waals surface area contributed by atoms with Gasteiger partial charge in [0.05, 0.1) is 15.8 Å². The van der Waals surface area contributed by atoms with Crippen LogP contribution in [-0.2, 0) is 10.8 Å². The van der Waals surface area contributed by atoms with E-state index in [0.717, 1.165) is 0 Å². The van der Waals surface area contributed by atoms with Crippen molar-refractivity contribution in [2.24, 2.45) is 0 Å².